The zero-order valence-electron chi connectivity index (χ0n) is 16.8. The second-order valence-electron chi connectivity index (χ2n) is 7.58. The summed E-state index contributed by atoms with van der Waals surface area (Å²) in [5, 5.41) is 12.7. The monoisotopic (exact) mass is 412 g/mol. The SMILES string of the molecule is Cc1ccc(C)c(-n2nnnc2SCC(=O)c2ccc3c(c2)-c2ccccc2C3)c1. The number of hydrogen-bond acceptors (Lipinski definition) is 5. The third-order valence-corrected chi connectivity index (χ3v) is 6.41. The zero-order valence-corrected chi connectivity index (χ0v) is 17.6. The van der Waals surface area contributed by atoms with E-state index in [-0.39, 0.29) is 11.5 Å². The van der Waals surface area contributed by atoms with E-state index in [4.69, 9.17) is 0 Å². The van der Waals surface area contributed by atoms with Crippen molar-refractivity contribution in [3.05, 3.63) is 88.5 Å². The van der Waals surface area contributed by atoms with Crippen LogP contribution >= 0.6 is 11.8 Å². The summed E-state index contributed by atoms with van der Waals surface area (Å²) in [5.41, 5.74) is 8.87. The Hall–Kier alpha value is -3.25. The molecule has 1 aliphatic carbocycles. The summed E-state index contributed by atoms with van der Waals surface area (Å²) >= 11 is 1.36. The molecule has 0 saturated heterocycles. The van der Waals surface area contributed by atoms with Crippen molar-refractivity contribution in [1.29, 1.82) is 0 Å². The summed E-state index contributed by atoms with van der Waals surface area (Å²) < 4.78 is 1.71. The van der Waals surface area contributed by atoms with E-state index in [1.54, 1.807) is 4.68 Å². The lowest BCUT2D eigenvalue weighted by atomic mass is 10.0. The van der Waals surface area contributed by atoms with Gasteiger partial charge in [0.05, 0.1) is 11.4 Å². The van der Waals surface area contributed by atoms with Gasteiger partial charge in [0.25, 0.3) is 0 Å². The molecular weight excluding hydrogens is 392 g/mol. The molecule has 0 amide bonds. The van der Waals surface area contributed by atoms with Gasteiger partial charge < -0.3 is 0 Å². The molecule has 5 nitrogen and oxygen atoms in total. The fraction of sp³-hybridized carbons (Fsp3) is 0.167. The largest absolute Gasteiger partial charge is 0.293 e. The highest BCUT2D eigenvalue weighted by molar-refractivity contribution is 7.99. The number of hydrogen-bond donors (Lipinski definition) is 0. The van der Waals surface area contributed by atoms with E-state index in [1.807, 2.05) is 38.1 Å². The number of aromatic nitrogens is 4. The molecule has 30 heavy (non-hydrogen) atoms. The van der Waals surface area contributed by atoms with Crippen LogP contribution in [0.5, 0.6) is 0 Å². The van der Waals surface area contributed by atoms with Crippen LogP contribution in [0.3, 0.4) is 0 Å². The quantitative estimate of drug-likeness (QED) is 0.306. The fourth-order valence-electron chi connectivity index (χ4n) is 3.88. The van der Waals surface area contributed by atoms with Crippen molar-refractivity contribution < 1.29 is 4.79 Å². The highest BCUT2D eigenvalue weighted by Crippen LogP contribution is 2.37. The summed E-state index contributed by atoms with van der Waals surface area (Å²) in [4.78, 5) is 12.9. The van der Waals surface area contributed by atoms with Gasteiger partial charge >= 0.3 is 0 Å². The number of carbonyl (C=O) groups is 1. The zero-order chi connectivity index (χ0) is 20.7. The van der Waals surface area contributed by atoms with Crippen molar-refractivity contribution in [2.24, 2.45) is 0 Å². The minimum atomic E-state index is 0.0719. The molecule has 1 heterocycles. The average molecular weight is 413 g/mol. The van der Waals surface area contributed by atoms with Gasteiger partial charge in [0.15, 0.2) is 5.78 Å². The van der Waals surface area contributed by atoms with Crippen LogP contribution in [-0.4, -0.2) is 31.7 Å². The van der Waals surface area contributed by atoms with E-state index in [0.717, 1.165) is 28.8 Å². The Bertz CT molecular complexity index is 1280. The van der Waals surface area contributed by atoms with Crippen molar-refractivity contribution in [2.45, 2.75) is 25.4 Å². The number of thioether (sulfide) groups is 1. The van der Waals surface area contributed by atoms with Crippen molar-refractivity contribution in [2.75, 3.05) is 5.75 Å². The Morgan fingerprint density at radius 3 is 2.73 bits per heavy atom. The third-order valence-electron chi connectivity index (χ3n) is 5.49. The van der Waals surface area contributed by atoms with Gasteiger partial charge in [-0.05, 0) is 76.2 Å². The van der Waals surface area contributed by atoms with E-state index >= 15 is 0 Å². The van der Waals surface area contributed by atoms with Gasteiger partial charge in [-0.15, -0.1) is 5.10 Å². The maximum absolute atomic E-state index is 12.9. The number of carbonyl (C=O) groups excluding carboxylic acids is 1. The Morgan fingerprint density at radius 2 is 1.83 bits per heavy atom. The molecule has 0 spiro atoms. The van der Waals surface area contributed by atoms with Crippen LogP contribution in [0.25, 0.3) is 16.8 Å². The van der Waals surface area contributed by atoms with Crippen LogP contribution in [0.4, 0.5) is 0 Å². The molecule has 0 saturated carbocycles. The van der Waals surface area contributed by atoms with Crippen molar-refractivity contribution in [3.63, 3.8) is 0 Å². The van der Waals surface area contributed by atoms with Crippen molar-refractivity contribution >= 4 is 17.5 Å². The van der Waals surface area contributed by atoms with E-state index < -0.39 is 0 Å². The number of rotatable bonds is 5. The van der Waals surface area contributed by atoms with Crippen LogP contribution in [0.15, 0.2) is 65.8 Å². The van der Waals surface area contributed by atoms with Gasteiger partial charge in [0, 0.05) is 5.56 Å². The van der Waals surface area contributed by atoms with E-state index in [9.17, 15) is 4.79 Å². The number of ketones is 1. The Balaban J connectivity index is 1.37. The van der Waals surface area contributed by atoms with Crippen LogP contribution < -0.4 is 0 Å². The van der Waals surface area contributed by atoms with Gasteiger partial charge in [-0.3, -0.25) is 4.79 Å². The molecule has 1 aromatic heterocycles. The van der Waals surface area contributed by atoms with Gasteiger partial charge in [0.1, 0.15) is 0 Å². The van der Waals surface area contributed by atoms with Gasteiger partial charge in [-0.25, -0.2) is 0 Å². The highest BCUT2D eigenvalue weighted by atomic mass is 32.2. The summed E-state index contributed by atoms with van der Waals surface area (Å²) in [7, 11) is 0. The lowest BCUT2D eigenvalue weighted by Crippen LogP contribution is -2.06. The van der Waals surface area contributed by atoms with Crippen molar-refractivity contribution in [3.8, 4) is 16.8 Å². The molecule has 0 atom stereocenters. The van der Waals surface area contributed by atoms with Crippen LogP contribution in [0.2, 0.25) is 0 Å². The molecule has 0 unspecified atom stereocenters. The third kappa shape index (κ3) is 3.33. The molecule has 148 valence electrons. The van der Waals surface area contributed by atoms with Gasteiger partial charge in [0.2, 0.25) is 5.16 Å². The Kier molecular flexibility index (Phi) is 4.71. The Morgan fingerprint density at radius 1 is 1.00 bits per heavy atom. The average Bonchev–Trinajstić information content (AvgIpc) is 3.37. The maximum Gasteiger partial charge on any atom is 0.214 e. The van der Waals surface area contributed by atoms with Crippen LogP contribution in [0, 0.1) is 13.8 Å². The first-order chi connectivity index (χ1) is 14.6. The molecule has 6 heteroatoms. The number of Topliss-reactive ketones (excluding diaryl/α,β-unsaturated/α-hetero) is 1. The second kappa shape index (κ2) is 7.54. The van der Waals surface area contributed by atoms with E-state index in [2.05, 4.69) is 51.9 Å². The van der Waals surface area contributed by atoms with Crippen molar-refractivity contribution in [1.82, 2.24) is 20.2 Å². The van der Waals surface area contributed by atoms with Gasteiger partial charge in [-0.2, -0.15) is 4.68 Å². The predicted molar refractivity (Wildman–Crippen MR) is 118 cm³/mol. The number of fused-ring (bicyclic) bond motifs is 3. The maximum atomic E-state index is 12.9. The summed E-state index contributed by atoms with van der Waals surface area (Å²) in [6.45, 7) is 4.06. The number of benzene rings is 3. The standard InChI is InChI=1S/C24H20N4OS/c1-15-7-8-16(2)22(11-15)28-24(25-26-27-28)30-14-23(29)19-10-9-18-12-17-5-3-4-6-20(17)21(18)13-19/h3-11,13H,12,14H2,1-2H3. The molecule has 0 radical (unpaired) electrons. The first-order valence-corrected chi connectivity index (χ1v) is 10.8. The fourth-order valence-corrected chi connectivity index (χ4v) is 4.66. The summed E-state index contributed by atoms with van der Waals surface area (Å²) in [6, 6.07) is 20.6. The smallest absolute Gasteiger partial charge is 0.214 e. The second-order valence-corrected chi connectivity index (χ2v) is 8.52. The van der Waals surface area contributed by atoms with Gasteiger partial charge in [-0.1, -0.05) is 60.3 Å². The van der Waals surface area contributed by atoms with E-state index in [0.29, 0.717) is 5.16 Å². The highest BCUT2D eigenvalue weighted by Gasteiger charge is 2.20. The minimum absolute atomic E-state index is 0.0719. The molecule has 1 aliphatic rings. The molecular formula is C24H20N4OS. The summed E-state index contributed by atoms with van der Waals surface area (Å²) in [5.74, 6) is 0.355. The number of nitrogens with zero attached hydrogens (tertiary/aromatic N) is 4. The summed E-state index contributed by atoms with van der Waals surface area (Å²) in [6.07, 6.45) is 0.930. The molecule has 0 fully saturated rings. The van der Waals surface area contributed by atoms with Crippen LogP contribution in [0.1, 0.15) is 32.6 Å². The normalized spacial score (nSPS) is 11.9. The molecule has 0 aliphatic heterocycles. The Labute approximate surface area is 179 Å². The first-order valence-electron chi connectivity index (χ1n) is 9.83. The predicted octanol–water partition coefficient (Wildman–Crippen LogP) is 4.83. The molecule has 4 aromatic rings. The molecule has 5 rings (SSSR count). The topological polar surface area (TPSA) is 60.7 Å². The first kappa shape index (κ1) is 18.8. The number of tetrazole rings is 1. The molecule has 0 N–H and O–H groups in total. The van der Waals surface area contributed by atoms with Crippen LogP contribution in [-0.2, 0) is 6.42 Å². The lowest BCUT2D eigenvalue weighted by molar-refractivity contribution is 0.102. The molecule has 0 bridgehead atoms. The van der Waals surface area contributed by atoms with E-state index in [1.165, 1.54) is 34.0 Å². The molecule has 3 aromatic carbocycles. The number of aryl methyl sites for hydroxylation is 2. The lowest BCUT2D eigenvalue weighted by Gasteiger charge is -2.09. The minimum Gasteiger partial charge on any atom is -0.293 e.